The van der Waals surface area contributed by atoms with Crippen LogP contribution >= 0.6 is 27.5 Å². The van der Waals surface area contributed by atoms with E-state index in [4.69, 9.17) is 31.5 Å². The number of nitrogens with one attached hydrogen (secondary N) is 1. The molecule has 1 aliphatic rings. The summed E-state index contributed by atoms with van der Waals surface area (Å²) in [6.45, 7) is 2.98. The minimum Gasteiger partial charge on any atom is -0.497 e. The standard InChI is InChI=1S/C38H43BrClN3O6/c1-24-31(32-21-30(47-2)14-15-34(32)43(24)37(45)26-10-12-29(40)13-11-26)22-35(44)48-17-18-49-38(46)27-19-28(36(41)33(39)20-27)23-42-16-6-9-25-7-4-3-5-8-25/h10-15,19-21,25,42H,3-9,16-18,22-23,41H2,1-2H3. The van der Waals surface area contributed by atoms with Gasteiger partial charge in [0, 0.05) is 32.7 Å². The molecule has 0 aliphatic heterocycles. The predicted octanol–water partition coefficient (Wildman–Crippen LogP) is 8.04. The van der Waals surface area contributed by atoms with Crippen molar-refractivity contribution in [2.75, 3.05) is 32.6 Å². The van der Waals surface area contributed by atoms with Crippen LogP contribution in [0.1, 0.15) is 82.5 Å². The zero-order valence-electron chi connectivity index (χ0n) is 28.0. The number of nitrogen functional groups attached to an aromatic ring is 1. The summed E-state index contributed by atoms with van der Waals surface area (Å²) < 4.78 is 18.5. The molecule has 0 amide bonds. The Labute approximate surface area is 300 Å². The van der Waals surface area contributed by atoms with Gasteiger partial charge in [0.05, 0.1) is 30.3 Å². The molecule has 0 bridgehead atoms. The monoisotopic (exact) mass is 751 g/mol. The van der Waals surface area contributed by atoms with E-state index < -0.39 is 11.9 Å². The zero-order valence-corrected chi connectivity index (χ0v) is 30.3. The first-order chi connectivity index (χ1) is 23.7. The van der Waals surface area contributed by atoms with Crippen molar-refractivity contribution in [1.82, 2.24) is 9.88 Å². The van der Waals surface area contributed by atoms with Crippen LogP contribution in [-0.2, 0) is 27.2 Å². The largest absolute Gasteiger partial charge is 0.497 e. The molecular weight excluding hydrogens is 710 g/mol. The van der Waals surface area contributed by atoms with Gasteiger partial charge in [0.1, 0.15) is 19.0 Å². The van der Waals surface area contributed by atoms with Gasteiger partial charge < -0.3 is 25.3 Å². The molecule has 260 valence electrons. The summed E-state index contributed by atoms with van der Waals surface area (Å²) in [5, 5.41) is 4.68. The van der Waals surface area contributed by atoms with E-state index in [1.54, 1.807) is 73.2 Å². The van der Waals surface area contributed by atoms with E-state index in [9.17, 15) is 14.4 Å². The van der Waals surface area contributed by atoms with Gasteiger partial charge in [-0.2, -0.15) is 0 Å². The molecule has 1 aromatic heterocycles. The van der Waals surface area contributed by atoms with E-state index in [0.29, 0.717) is 60.8 Å². The van der Waals surface area contributed by atoms with Crippen LogP contribution in [0.15, 0.2) is 59.1 Å². The van der Waals surface area contributed by atoms with Crippen LogP contribution in [0.2, 0.25) is 5.02 Å². The molecule has 0 unspecified atom stereocenters. The summed E-state index contributed by atoms with van der Waals surface area (Å²) in [7, 11) is 1.55. The highest BCUT2D eigenvalue weighted by Crippen LogP contribution is 2.32. The highest BCUT2D eigenvalue weighted by atomic mass is 79.9. The Bertz CT molecular complexity index is 1800. The molecule has 1 heterocycles. The molecule has 1 saturated carbocycles. The maximum Gasteiger partial charge on any atom is 0.338 e. The quantitative estimate of drug-likeness (QED) is 0.0755. The minimum absolute atomic E-state index is 0.0910. The number of fused-ring (bicyclic) bond motifs is 1. The Morgan fingerprint density at radius 3 is 2.45 bits per heavy atom. The van der Waals surface area contributed by atoms with Gasteiger partial charge in [-0.1, -0.05) is 43.7 Å². The molecular formula is C38H43BrClN3O6. The van der Waals surface area contributed by atoms with E-state index in [1.807, 2.05) is 0 Å². The molecule has 3 aromatic carbocycles. The Kier molecular flexibility index (Phi) is 12.8. The van der Waals surface area contributed by atoms with Crippen LogP contribution in [-0.4, -0.2) is 49.3 Å². The van der Waals surface area contributed by atoms with Crippen LogP contribution in [0.4, 0.5) is 5.69 Å². The molecule has 0 spiro atoms. The van der Waals surface area contributed by atoms with Gasteiger partial charge >= 0.3 is 11.9 Å². The molecule has 9 nitrogen and oxygen atoms in total. The highest BCUT2D eigenvalue weighted by Gasteiger charge is 2.23. The fourth-order valence-corrected chi connectivity index (χ4v) is 7.15. The predicted molar refractivity (Wildman–Crippen MR) is 195 cm³/mol. The number of hydrogen-bond donors (Lipinski definition) is 2. The SMILES string of the molecule is COc1ccc2c(c1)c(CC(=O)OCCOC(=O)c1cc(Br)c(N)c(CNCCCC3CCCCC3)c1)c(C)n2C(=O)c1ccc(Cl)cc1. The molecule has 5 rings (SSSR count). The van der Waals surface area contributed by atoms with E-state index in [-0.39, 0.29) is 25.5 Å². The van der Waals surface area contributed by atoms with Gasteiger partial charge in [0.2, 0.25) is 0 Å². The maximum atomic E-state index is 13.5. The Hall–Kier alpha value is -3.86. The number of carbonyl (C=O) groups excluding carboxylic acids is 3. The number of nitrogens with two attached hydrogens (primary N) is 1. The second-order valence-corrected chi connectivity index (χ2v) is 13.8. The van der Waals surface area contributed by atoms with Crippen molar-refractivity contribution in [1.29, 1.82) is 0 Å². The first-order valence-electron chi connectivity index (χ1n) is 16.8. The lowest BCUT2D eigenvalue weighted by molar-refractivity contribution is -0.143. The van der Waals surface area contributed by atoms with Crippen molar-refractivity contribution in [3.63, 3.8) is 0 Å². The molecule has 11 heteroatoms. The van der Waals surface area contributed by atoms with Crippen LogP contribution < -0.4 is 15.8 Å². The number of benzene rings is 3. The van der Waals surface area contributed by atoms with Crippen LogP contribution in [0.5, 0.6) is 5.75 Å². The van der Waals surface area contributed by atoms with Crippen molar-refractivity contribution < 1.29 is 28.6 Å². The second-order valence-electron chi connectivity index (χ2n) is 12.5. The van der Waals surface area contributed by atoms with Crippen LogP contribution in [0.25, 0.3) is 10.9 Å². The normalized spacial score (nSPS) is 13.4. The fraction of sp³-hybridized carbons (Fsp3) is 0.395. The summed E-state index contributed by atoms with van der Waals surface area (Å²) in [5.74, 6) is 0.125. The topological polar surface area (TPSA) is 122 Å². The van der Waals surface area contributed by atoms with E-state index in [2.05, 4.69) is 21.2 Å². The van der Waals surface area contributed by atoms with Gasteiger partial charge in [0.15, 0.2) is 0 Å². The number of carbonyl (C=O) groups is 3. The Morgan fingerprint density at radius 2 is 1.71 bits per heavy atom. The van der Waals surface area contributed by atoms with Crippen molar-refractivity contribution in [2.24, 2.45) is 5.92 Å². The summed E-state index contributed by atoms with van der Waals surface area (Å²) in [5.41, 5.74) is 10.4. The lowest BCUT2D eigenvalue weighted by Gasteiger charge is -2.21. The first-order valence-corrected chi connectivity index (χ1v) is 17.9. The van der Waals surface area contributed by atoms with Crippen molar-refractivity contribution in [2.45, 2.75) is 64.8 Å². The van der Waals surface area contributed by atoms with Gasteiger partial charge in [-0.25, -0.2) is 4.79 Å². The Balaban J connectivity index is 1.15. The van der Waals surface area contributed by atoms with Crippen LogP contribution in [0.3, 0.4) is 0 Å². The third-order valence-corrected chi connectivity index (χ3v) is 10.1. The zero-order chi connectivity index (χ0) is 34.9. The number of anilines is 1. The second kappa shape index (κ2) is 17.2. The van der Waals surface area contributed by atoms with Gasteiger partial charge in [-0.3, -0.25) is 14.2 Å². The molecule has 4 aromatic rings. The molecule has 49 heavy (non-hydrogen) atoms. The molecule has 3 N–H and O–H groups in total. The summed E-state index contributed by atoms with van der Waals surface area (Å²) >= 11 is 9.49. The fourth-order valence-electron chi connectivity index (χ4n) is 6.52. The lowest BCUT2D eigenvalue weighted by Crippen LogP contribution is -2.19. The minimum atomic E-state index is -0.540. The average Bonchev–Trinajstić information content (AvgIpc) is 3.38. The lowest BCUT2D eigenvalue weighted by atomic mass is 9.86. The van der Waals surface area contributed by atoms with E-state index in [1.165, 1.54) is 38.5 Å². The average molecular weight is 753 g/mol. The molecule has 0 saturated heterocycles. The first kappa shape index (κ1) is 36.4. The van der Waals surface area contributed by atoms with Crippen molar-refractivity contribution in [3.8, 4) is 5.75 Å². The number of halogens is 2. The number of methoxy groups -OCH3 is 1. The number of aromatic nitrogens is 1. The molecule has 0 radical (unpaired) electrons. The molecule has 0 atom stereocenters. The highest BCUT2D eigenvalue weighted by molar-refractivity contribution is 9.10. The van der Waals surface area contributed by atoms with E-state index in [0.717, 1.165) is 24.4 Å². The third kappa shape index (κ3) is 9.23. The van der Waals surface area contributed by atoms with Gasteiger partial charge in [0.25, 0.3) is 5.91 Å². The van der Waals surface area contributed by atoms with E-state index >= 15 is 0 Å². The van der Waals surface area contributed by atoms with Gasteiger partial charge in [-0.15, -0.1) is 0 Å². The smallest absolute Gasteiger partial charge is 0.338 e. The summed E-state index contributed by atoms with van der Waals surface area (Å²) in [4.78, 5) is 39.4. The number of ether oxygens (including phenoxy) is 3. The number of esters is 2. The number of hydrogen-bond acceptors (Lipinski definition) is 8. The van der Waals surface area contributed by atoms with Gasteiger partial charge in [-0.05, 0) is 114 Å². The van der Waals surface area contributed by atoms with Crippen LogP contribution in [0, 0.1) is 12.8 Å². The third-order valence-electron chi connectivity index (χ3n) is 9.19. The van der Waals surface area contributed by atoms with Crippen molar-refractivity contribution in [3.05, 3.63) is 92.0 Å². The number of rotatable bonds is 14. The molecule has 1 fully saturated rings. The Morgan fingerprint density at radius 1 is 0.980 bits per heavy atom. The van der Waals surface area contributed by atoms with Crippen molar-refractivity contribution >= 4 is 62.0 Å². The summed E-state index contributed by atoms with van der Waals surface area (Å²) in [6.07, 6.45) is 9.03. The number of nitrogens with zero attached hydrogens (tertiary/aromatic N) is 1. The maximum absolute atomic E-state index is 13.5. The summed E-state index contributed by atoms with van der Waals surface area (Å²) in [6, 6.07) is 15.4. The molecule has 1 aliphatic carbocycles.